The zero-order chi connectivity index (χ0) is 13.5. The first-order chi connectivity index (χ1) is 8.54. The standard InChI is InChI=1S/C9H14N4O3S2/c1-5(12-13-8(10)15)6(7(14)16-2)18-9-11-3-4-17-9/h6H,3-4H2,1-2H3,(H3,10,13,15)/b12-5+. The van der Waals surface area contributed by atoms with Crippen LogP contribution < -0.4 is 11.2 Å². The van der Waals surface area contributed by atoms with Crippen LogP contribution in [0, 0.1) is 0 Å². The second-order valence-electron chi connectivity index (χ2n) is 3.25. The number of hydrogen-bond donors (Lipinski definition) is 2. The van der Waals surface area contributed by atoms with E-state index in [2.05, 4.69) is 15.5 Å². The highest BCUT2D eigenvalue weighted by Gasteiger charge is 2.27. The molecule has 1 rings (SSSR count). The average molecular weight is 290 g/mol. The third-order valence-corrected chi connectivity index (χ3v) is 4.42. The van der Waals surface area contributed by atoms with Gasteiger partial charge in [-0.3, -0.25) is 9.79 Å². The Labute approximate surface area is 113 Å². The van der Waals surface area contributed by atoms with E-state index in [0.29, 0.717) is 5.71 Å². The Bertz CT molecular complexity index is 397. The third-order valence-electron chi connectivity index (χ3n) is 1.91. The molecule has 18 heavy (non-hydrogen) atoms. The lowest BCUT2D eigenvalue weighted by molar-refractivity contribution is -0.138. The largest absolute Gasteiger partial charge is 0.468 e. The van der Waals surface area contributed by atoms with Crippen LogP contribution in [0.2, 0.25) is 0 Å². The van der Waals surface area contributed by atoms with Gasteiger partial charge < -0.3 is 10.5 Å². The monoisotopic (exact) mass is 290 g/mol. The number of nitrogens with two attached hydrogens (primary N) is 1. The minimum absolute atomic E-state index is 0.404. The molecule has 0 aromatic rings. The highest BCUT2D eigenvalue weighted by Crippen LogP contribution is 2.27. The molecule has 9 heteroatoms. The van der Waals surface area contributed by atoms with Crippen LogP contribution in [0.5, 0.6) is 0 Å². The second kappa shape index (κ2) is 7.27. The SMILES string of the molecule is COC(=O)C(SC1=NCCS1)/C(C)=N/NC(N)=O. The molecule has 1 aliphatic heterocycles. The van der Waals surface area contributed by atoms with Crippen molar-refractivity contribution in [3.63, 3.8) is 0 Å². The topological polar surface area (TPSA) is 106 Å². The van der Waals surface area contributed by atoms with Crippen molar-refractivity contribution in [3.8, 4) is 0 Å². The van der Waals surface area contributed by atoms with Crippen molar-refractivity contribution >= 4 is 45.6 Å². The predicted molar refractivity (Wildman–Crippen MR) is 74.0 cm³/mol. The van der Waals surface area contributed by atoms with E-state index in [9.17, 15) is 9.59 Å². The predicted octanol–water partition coefficient (Wildman–Crippen LogP) is 0.408. The van der Waals surface area contributed by atoms with Crippen molar-refractivity contribution in [2.45, 2.75) is 12.2 Å². The molecule has 1 atom stereocenters. The number of carbonyl (C=O) groups is 2. The van der Waals surface area contributed by atoms with Crippen molar-refractivity contribution < 1.29 is 14.3 Å². The Kier molecular flexibility index (Phi) is 5.99. The van der Waals surface area contributed by atoms with Gasteiger partial charge in [-0.25, -0.2) is 10.2 Å². The van der Waals surface area contributed by atoms with E-state index in [-0.39, 0.29) is 0 Å². The summed E-state index contributed by atoms with van der Waals surface area (Å²) in [6, 6.07) is -0.782. The Morgan fingerprint density at radius 1 is 1.67 bits per heavy atom. The fraction of sp³-hybridized carbons (Fsp3) is 0.556. The molecule has 1 heterocycles. The first-order valence-electron chi connectivity index (χ1n) is 5.06. The molecular weight excluding hydrogens is 276 g/mol. The lowest BCUT2D eigenvalue weighted by atomic mass is 10.3. The third kappa shape index (κ3) is 4.57. The summed E-state index contributed by atoms with van der Waals surface area (Å²) in [5.41, 5.74) is 7.40. The van der Waals surface area contributed by atoms with E-state index in [4.69, 9.17) is 10.5 Å². The summed E-state index contributed by atoms with van der Waals surface area (Å²) in [6.45, 7) is 2.36. The molecule has 1 aliphatic rings. The zero-order valence-corrected chi connectivity index (χ0v) is 11.6. The Hall–Kier alpha value is -1.22. The molecule has 2 amide bonds. The molecule has 100 valence electrons. The van der Waals surface area contributed by atoms with Crippen molar-refractivity contribution in [1.82, 2.24) is 5.43 Å². The number of carbonyl (C=O) groups excluding carboxylic acids is 2. The Balaban J connectivity index is 2.73. The van der Waals surface area contributed by atoms with Gasteiger partial charge in [0.25, 0.3) is 0 Å². The molecule has 0 spiro atoms. The van der Waals surface area contributed by atoms with E-state index >= 15 is 0 Å². The van der Waals surface area contributed by atoms with Crippen LogP contribution in [0.1, 0.15) is 6.92 Å². The van der Waals surface area contributed by atoms with E-state index in [1.54, 1.807) is 18.7 Å². The van der Waals surface area contributed by atoms with Crippen molar-refractivity contribution in [1.29, 1.82) is 0 Å². The maximum absolute atomic E-state index is 11.7. The molecule has 0 saturated carbocycles. The number of thioether (sulfide) groups is 2. The number of hydrazone groups is 1. The van der Waals surface area contributed by atoms with Gasteiger partial charge in [-0.15, -0.1) is 0 Å². The molecule has 0 radical (unpaired) electrons. The smallest absolute Gasteiger partial charge is 0.332 e. The lowest BCUT2D eigenvalue weighted by Gasteiger charge is -2.13. The maximum atomic E-state index is 11.7. The lowest BCUT2D eigenvalue weighted by Crippen LogP contribution is -2.32. The van der Waals surface area contributed by atoms with Gasteiger partial charge in [-0.05, 0) is 6.92 Å². The van der Waals surface area contributed by atoms with E-state index in [0.717, 1.165) is 16.7 Å². The fourth-order valence-corrected chi connectivity index (χ4v) is 3.23. The van der Waals surface area contributed by atoms with Crippen LogP contribution in [0.25, 0.3) is 0 Å². The molecule has 1 unspecified atom stereocenters. The fourth-order valence-electron chi connectivity index (χ4n) is 1.10. The molecular formula is C9H14N4O3S2. The Morgan fingerprint density at radius 2 is 2.39 bits per heavy atom. The highest BCUT2D eigenvalue weighted by atomic mass is 32.2. The van der Waals surface area contributed by atoms with Crippen LogP contribution in [0.3, 0.4) is 0 Å². The first-order valence-corrected chi connectivity index (χ1v) is 6.92. The molecule has 0 bridgehead atoms. The summed E-state index contributed by atoms with van der Waals surface area (Å²) >= 11 is 2.84. The van der Waals surface area contributed by atoms with Gasteiger partial charge in [-0.2, -0.15) is 5.10 Å². The summed E-state index contributed by atoms with van der Waals surface area (Å²) in [7, 11) is 1.30. The van der Waals surface area contributed by atoms with E-state index in [1.165, 1.54) is 18.9 Å². The summed E-state index contributed by atoms with van der Waals surface area (Å²) in [4.78, 5) is 26.5. The molecule has 7 nitrogen and oxygen atoms in total. The average Bonchev–Trinajstić information content (AvgIpc) is 2.85. The van der Waals surface area contributed by atoms with Gasteiger partial charge in [0.05, 0.1) is 19.4 Å². The van der Waals surface area contributed by atoms with Crippen molar-refractivity contribution in [2.24, 2.45) is 15.8 Å². The number of amides is 2. The number of urea groups is 1. The quantitative estimate of drug-likeness (QED) is 0.443. The van der Waals surface area contributed by atoms with Crippen LogP contribution >= 0.6 is 23.5 Å². The van der Waals surface area contributed by atoms with Crippen LogP contribution in [0.4, 0.5) is 4.79 Å². The number of ether oxygens (including phenoxy) is 1. The number of rotatable bonds is 4. The van der Waals surface area contributed by atoms with E-state index < -0.39 is 17.3 Å². The van der Waals surface area contributed by atoms with Gasteiger partial charge in [0, 0.05) is 5.75 Å². The number of hydrogen-bond acceptors (Lipinski definition) is 7. The number of nitrogens with one attached hydrogen (secondary N) is 1. The summed E-state index contributed by atoms with van der Waals surface area (Å²) in [6.07, 6.45) is 0. The zero-order valence-electron chi connectivity index (χ0n) is 10.0. The molecule has 0 aliphatic carbocycles. The summed E-state index contributed by atoms with van der Waals surface area (Å²) in [5, 5.41) is 3.11. The number of methoxy groups -OCH3 is 1. The van der Waals surface area contributed by atoms with Gasteiger partial charge in [0.15, 0.2) is 0 Å². The second-order valence-corrected chi connectivity index (χ2v) is 5.68. The highest BCUT2D eigenvalue weighted by molar-refractivity contribution is 8.39. The van der Waals surface area contributed by atoms with Crippen LogP contribution in [-0.4, -0.2) is 46.7 Å². The number of esters is 1. The van der Waals surface area contributed by atoms with Crippen molar-refractivity contribution in [2.75, 3.05) is 19.4 Å². The minimum atomic E-state index is -0.782. The number of nitrogens with zero attached hydrogens (tertiary/aromatic N) is 2. The van der Waals surface area contributed by atoms with Crippen LogP contribution in [-0.2, 0) is 9.53 Å². The summed E-state index contributed by atoms with van der Waals surface area (Å²) in [5.74, 6) is 0.467. The molecule has 0 saturated heterocycles. The Morgan fingerprint density at radius 3 is 2.89 bits per heavy atom. The van der Waals surface area contributed by atoms with Gasteiger partial charge >= 0.3 is 12.0 Å². The van der Waals surface area contributed by atoms with Gasteiger partial charge in [0.2, 0.25) is 0 Å². The maximum Gasteiger partial charge on any atom is 0.332 e. The first kappa shape index (κ1) is 14.8. The normalized spacial score (nSPS) is 17.0. The van der Waals surface area contributed by atoms with E-state index in [1.807, 2.05) is 0 Å². The molecule has 0 aromatic heterocycles. The van der Waals surface area contributed by atoms with Gasteiger partial charge in [0.1, 0.15) is 9.63 Å². The molecule has 0 fully saturated rings. The van der Waals surface area contributed by atoms with Crippen LogP contribution in [0.15, 0.2) is 10.1 Å². The molecule has 3 N–H and O–H groups in total. The van der Waals surface area contributed by atoms with Gasteiger partial charge in [-0.1, -0.05) is 23.5 Å². The molecule has 0 aromatic carbocycles. The number of primary amides is 1. The van der Waals surface area contributed by atoms with Crippen molar-refractivity contribution in [3.05, 3.63) is 0 Å². The minimum Gasteiger partial charge on any atom is -0.468 e. The summed E-state index contributed by atoms with van der Waals surface area (Å²) < 4.78 is 5.52. The number of aliphatic imine (C=N–C) groups is 1.